The van der Waals surface area contributed by atoms with Gasteiger partial charge in [0, 0.05) is 0 Å². The maximum atomic E-state index is 5.33. The Kier molecular flexibility index (Phi) is 8.49. The van der Waals surface area contributed by atoms with Crippen molar-refractivity contribution in [2.24, 2.45) is 0 Å². The molecule has 1 heteroatoms. The molecule has 0 aliphatic rings. The van der Waals surface area contributed by atoms with Gasteiger partial charge in [-0.2, -0.15) is 0 Å². The first-order valence-corrected chi connectivity index (χ1v) is 8.87. The Morgan fingerprint density at radius 1 is 0.762 bits per heavy atom. The van der Waals surface area contributed by atoms with Gasteiger partial charge in [-0.25, -0.2) is 0 Å². The van der Waals surface area contributed by atoms with Gasteiger partial charge in [0.05, 0.1) is 7.11 Å². The van der Waals surface area contributed by atoms with E-state index in [1.165, 1.54) is 63.4 Å². The molecule has 1 nitrogen and oxygen atoms in total. The van der Waals surface area contributed by atoms with E-state index >= 15 is 0 Å². The zero-order valence-electron chi connectivity index (χ0n) is 14.6. The van der Waals surface area contributed by atoms with Crippen molar-refractivity contribution in [3.05, 3.63) is 29.8 Å². The number of hydrogen-bond donors (Lipinski definition) is 0. The summed E-state index contributed by atoms with van der Waals surface area (Å²) in [6.07, 6.45) is 11.8. The SMILES string of the molecule is CCCCC(CCCC)(CCCC)c1ccc(OC)cc1. The minimum absolute atomic E-state index is 0.383. The Bertz CT molecular complexity index is 344. The van der Waals surface area contributed by atoms with Gasteiger partial charge in [0.15, 0.2) is 0 Å². The van der Waals surface area contributed by atoms with Crippen LogP contribution in [0.3, 0.4) is 0 Å². The molecule has 0 saturated carbocycles. The van der Waals surface area contributed by atoms with E-state index in [-0.39, 0.29) is 0 Å². The molecule has 1 aromatic rings. The number of hydrogen-bond acceptors (Lipinski definition) is 1. The van der Waals surface area contributed by atoms with E-state index in [0.29, 0.717) is 5.41 Å². The van der Waals surface area contributed by atoms with Gasteiger partial charge in [-0.05, 0) is 42.4 Å². The minimum atomic E-state index is 0.383. The molecule has 0 aliphatic carbocycles. The van der Waals surface area contributed by atoms with Crippen LogP contribution in [0.4, 0.5) is 0 Å². The zero-order chi connectivity index (χ0) is 15.6. The summed E-state index contributed by atoms with van der Waals surface area (Å²) in [6, 6.07) is 8.88. The first kappa shape index (κ1) is 18.1. The molecule has 0 unspecified atom stereocenters. The van der Waals surface area contributed by atoms with Gasteiger partial charge in [-0.1, -0.05) is 71.4 Å². The molecular formula is C20H34O. The van der Waals surface area contributed by atoms with E-state index in [1.54, 1.807) is 7.11 Å². The van der Waals surface area contributed by atoms with E-state index in [1.807, 2.05) is 0 Å². The van der Waals surface area contributed by atoms with Gasteiger partial charge in [0.2, 0.25) is 0 Å². The Labute approximate surface area is 132 Å². The molecule has 0 aromatic heterocycles. The molecule has 1 aromatic carbocycles. The molecule has 0 fully saturated rings. The quantitative estimate of drug-likeness (QED) is 0.452. The number of benzene rings is 1. The monoisotopic (exact) mass is 290 g/mol. The summed E-state index contributed by atoms with van der Waals surface area (Å²) < 4.78 is 5.33. The lowest BCUT2D eigenvalue weighted by molar-refractivity contribution is 0.309. The van der Waals surface area contributed by atoms with Gasteiger partial charge < -0.3 is 4.74 Å². The summed E-state index contributed by atoms with van der Waals surface area (Å²) in [5.74, 6) is 0.967. The van der Waals surface area contributed by atoms with Gasteiger partial charge in [0.1, 0.15) is 5.75 Å². The fraction of sp³-hybridized carbons (Fsp3) is 0.700. The van der Waals surface area contributed by atoms with Crippen LogP contribution in [0.15, 0.2) is 24.3 Å². The molecule has 1 rings (SSSR count). The molecule has 0 heterocycles. The molecule has 0 amide bonds. The van der Waals surface area contributed by atoms with Crippen LogP contribution in [0.2, 0.25) is 0 Å². The highest BCUT2D eigenvalue weighted by molar-refractivity contribution is 5.32. The number of methoxy groups -OCH3 is 1. The van der Waals surface area contributed by atoms with Gasteiger partial charge >= 0.3 is 0 Å². The standard InChI is InChI=1S/C20H34O/c1-5-8-15-20(16-9-6-2,17-10-7-3)18-11-13-19(21-4)14-12-18/h11-14H,5-10,15-17H2,1-4H3. The van der Waals surface area contributed by atoms with Crippen molar-refractivity contribution < 1.29 is 4.74 Å². The highest BCUT2D eigenvalue weighted by Crippen LogP contribution is 2.40. The molecule has 0 spiro atoms. The van der Waals surface area contributed by atoms with Gasteiger partial charge in [-0.3, -0.25) is 0 Å². The average molecular weight is 290 g/mol. The van der Waals surface area contributed by atoms with Crippen molar-refractivity contribution in [3.8, 4) is 5.75 Å². The van der Waals surface area contributed by atoms with Crippen LogP contribution in [0, 0.1) is 0 Å². The van der Waals surface area contributed by atoms with E-state index in [2.05, 4.69) is 45.0 Å². The van der Waals surface area contributed by atoms with Gasteiger partial charge in [-0.15, -0.1) is 0 Å². The third-order valence-electron chi connectivity index (χ3n) is 4.73. The normalized spacial score (nSPS) is 11.6. The van der Waals surface area contributed by atoms with Crippen molar-refractivity contribution in [3.63, 3.8) is 0 Å². The molecule has 0 bridgehead atoms. The second-order valence-corrected chi connectivity index (χ2v) is 6.32. The Balaban J connectivity index is 3.02. The van der Waals surface area contributed by atoms with Crippen LogP contribution < -0.4 is 4.74 Å². The van der Waals surface area contributed by atoms with Crippen LogP contribution in [0.5, 0.6) is 5.75 Å². The van der Waals surface area contributed by atoms with E-state index < -0.39 is 0 Å². The summed E-state index contributed by atoms with van der Waals surface area (Å²) in [5, 5.41) is 0. The molecule has 0 radical (unpaired) electrons. The predicted octanol–water partition coefficient (Wildman–Crippen LogP) is 6.50. The molecule has 0 aliphatic heterocycles. The van der Waals surface area contributed by atoms with Crippen molar-refractivity contribution in [2.75, 3.05) is 7.11 Å². The molecule has 120 valence electrons. The molecule has 0 saturated heterocycles. The molecular weight excluding hydrogens is 256 g/mol. The lowest BCUT2D eigenvalue weighted by Gasteiger charge is -2.35. The molecule has 21 heavy (non-hydrogen) atoms. The van der Waals surface area contributed by atoms with E-state index in [9.17, 15) is 0 Å². The van der Waals surface area contributed by atoms with Crippen molar-refractivity contribution in [1.29, 1.82) is 0 Å². The lowest BCUT2D eigenvalue weighted by Crippen LogP contribution is -2.26. The Morgan fingerprint density at radius 3 is 1.52 bits per heavy atom. The largest absolute Gasteiger partial charge is 0.497 e. The van der Waals surface area contributed by atoms with Crippen molar-refractivity contribution >= 4 is 0 Å². The Hall–Kier alpha value is -0.980. The third-order valence-corrected chi connectivity index (χ3v) is 4.73. The van der Waals surface area contributed by atoms with E-state index in [4.69, 9.17) is 4.74 Å². The molecule has 0 atom stereocenters. The number of unbranched alkanes of at least 4 members (excludes halogenated alkanes) is 3. The van der Waals surface area contributed by atoms with Gasteiger partial charge in [0.25, 0.3) is 0 Å². The highest BCUT2D eigenvalue weighted by atomic mass is 16.5. The van der Waals surface area contributed by atoms with Crippen LogP contribution >= 0.6 is 0 Å². The summed E-state index contributed by atoms with van der Waals surface area (Å²) in [7, 11) is 1.74. The number of rotatable bonds is 11. The van der Waals surface area contributed by atoms with Crippen LogP contribution in [0.25, 0.3) is 0 Å². The van der Waals surface area contributed by atoms with Crippen LogP contribution in [0.1, 0.15) is 84.1 Å². The fourth-order valence-corrected chi connectivity index (χ4v) is 3.30. The zero-order valence-corrected chi connectivity index (χ0v) is 14.6. The topological polar surface area (TPSA) is 9.23 Å². The summed E-state index contributed by atoms with van der Waals surface area (Å²) in [4.78, 5) is 0. The lowest BCUT2D eigenvalue weighted by atomic mass is 9.69. The predicted molar refractivity (Wildman–Crippen MR) is 93.2 cm³/mol. The summed E-state index contributed by atoms with van der Waals surface area (Å²) >= 11 is 0. The fourth-order valence-electron chi connectivity index (χ4n) is 3.30. The smallest absolute Gasteiger partial charge is 0.118 e. The van der Waals surface area contributed by atoms with E-state index in [0.717, 1.165) is 5.75 Å². The third kappa shape index (κ3) is 5.37. The maximum Gasteiger partial charge on any atom is 0.118 e. The van der Waals surface area contributed by atoms with Crippen molar-refractivity contribution in [2.45, 2.75) is 84.0 Å². The average Bonchev–Trinajstić information content (AvgIpc) is 2.55. The Morgan fingerprint density at radius 2 is 1.19 bits per heavy atom. The highest BCUT2D eigenvalue weighted by Gasteiger charge is 2.30. The van der Waals surface area contributed by atoms with Crippen molar-refractivity contribution in [1.82, 2.24) is 0 Å². The number of ether oxygens (including phenoxy) is 1. The second kappa shape index (κ2) is 9.87. The minimum Gasteiger partial charge on any atom is -0.497 e. The maximum absolute atomic E-state index is 5.33. The molecule has 0 N–H and O–H groups in total. The second-order valence-electron chi connectivity index (χ2n) is 6.32. The first-order chi connectivity index (χ1) is 10.2. The summed E-state index contributed by atoms with van der Waals surface area (Å²) in [5.41, 5.74) is 1.91. The summed E-state index contributed by atoms with van der Waals surface area (Å²) in [6.45, 7) is 6.91. The van der Waals surface area contributed by atoms with Crippen LogP contribution in [-0.4, -0.2) is 7.11 Å². The first-order valence-electron chi connectivity index (χ1n) is 8.87. The van der Waals surface area contributed by atoms with Crippen LogP contribution in [-0.2, 0) is 5.41 Å².